The third-order valence-electron chi connectivity index (χ3n) is 4.00. The quantitative estimate of drug-likeness (QED) is 0.626. The number of halogens is 2. The molecule has 0 unspecified atom stereocenters. The first-order valence-corrected chi connectivity index (χ1v) is 9.43. The standard InChI is InChI=1S/C19H19F2N5OS/c1-4-26-16(15-10-13(20)14(21)11-22-15)24-25-18(26)28-19(2,3)17(27)23-12-8-6-5-7-9-12/h5-11H,4H2,1-3H3,(H,23,27). The number of amides is 1. The van der Waals surface area contributed by atoms with Crippen molar-refractivity contribution >= 4 is 23.4 Å². The Balaban J connectivity index is 1.84. The van der Waals surface area contributed by atoms with Crippen molar-refractivity contribution in [2.75, 3.05) is 5.32 Å². The second kappa shape index (κ2) is 8.05. The molecule has 2 heterocycles. The van der Waals surface area contributed by atoms with Crippen LogP contribution in [0.4, 0.5) is 14.5 Å². The summed E-state index contributed by atoms with van der Waals surface area (Å²) in [5.74, 6) is -1.92. The van der Waals surface area contributed by atoms with Gasteiger partial charge in [0.2, 0.25) is 5.91 Å². The lowest BCUT2D eigenvalue weighted by molar-refractivity contribution is -0.117. The fourth-order valence-corrected chi connectivity index (χ4v) is 3.46. The van der Waals surface area contributed by atoms with Gasteiger partial charge in [-0.2, -0.15) is 0 Å². The molecule has 0 fully saturated rings. The number of benzene rings is 1. The lowest BCUT2D eigenvalue weighted by Gasteiger charge is -2.22. The van der Waals surface area contributed by atoms with Crippen molar-refractivity contribution in [3.8, 4) is 11.5 Å². The number of hydrogen-bond donors (Lipinski definition) is 1. The summed E-state index contributed by atoms with van der Waals surface area (Å²) in [5.41, 5.74) is 0.872. The smallest absolute Gasteiger partial charge is 0.240 e. The van der Waals surface area contributed by atoms with Gasteiger partial charge in [-0.05, 0) is 32.9 Å². The zero-order chi connectivity index (χ0) is 20.3. The van der Waals surface area contributed by atoms with E-state index in [0.717, 1.165) is 12.3 Å². The number of rotatable bonds is 6. The number of aromatic nitrogens is 4. The minimum absolute atomic E-state index is 0.173. The number of thioether (sulfide) groups is 1. The first-order chi connectivity index (χ1) is 13.3. The van der Waals surface area contributed by atoms with Crippen molar-refractivity contribution in [1.82, 2.24) is 19.7 Å². The molecule has 3 aromatic rings. The maximum Gasteiger partial charge on any atom is 0.240 e. The molecule has 1 N–H and O–H groups in total. The van der Waals surface area contributed by atoms with E-state index in [4.69, 9.17) is 0 Å². The molecule has 28 heavy (non-hydrogen) atoms. The van der Waals surface area contributed by atoms with Crippen molar-refractivity contribution in [1.29, 1.82) is 0 Å². The van der Waals surface area contributed by atoms with Crippen molar-refractivity contribution in [3.63, 3.8) is 0 Å². The van der Waals surface area contributed by atoms with Crippen LogP contribution in [0.2, 0.25) is 0 Å². The van der Waals surface area contributed by atoms with Crippen LogP contribution >= 0.6 is 11.8 Å². The Hall–Kier alpha value is -2.81. The summed E-state index contributed by atoms with van der Waals surface area (Å²) in [6.45, 7) is 5.90. The Morgan fingerprint density at radius 1 is 1.18 bits per heavy atom. The van der Waals surface area contributed by atoms with Gasteiger partial charge in [-0.3, -0.25) is 4.79 Å². The monoisotopic (exact) mass is 403 g/mol. The van der Waals surface area contributed by atoms with Crippen LogP contribution in [0, 0.1) is 11.6 Å². The molecule has 9 heteroatoms. The molecule has 0 aliphatic heterocycles. The number of nitrogens with one attached hydrogen (secondary N) is 1. The van der Waals surface area contributed by atoms with Crippen LogP contribution in [0.25, 0.3) is 11.5 Å². The highest BCUT2D eigenvalue weighted by atomic mass is 32.2. The summed E-state index contributed by atoms with van der Waals surface area (Å²) in [4.78, 5) is 16.6. The van der Waals surface area contributed by atoms with Gasteiger partial charge in [0, 0.05) is 18.3 Å². The molecule has 146 valence electrons. The third kappa shape index (κ3) is 4.19. The summed E-state index contributed by atoms with van der Waals surface area (Å²) in [7, 11) is 0. The molecule has 1 aromatic carbocycles. The lowest BCUT2D eigenvalue weighted by atomic mass is 10.2. The normalized spacial score (nSPS) is 11.5. The molecule has 0 spiro atoms. The molecular formula is C19H19F2N5OS. The predicted octanol–water partition coefficient (Wildman–Crippen LogP) is 4.15. The van der Waals surface area contributed by atoms with E-state index < -0.39 is 16.4 Å². The summed E-state index contributed by atoms with van der Waals surface area (Å²) < 4.78 is 27.6. The van der Waals surface area contributed by atoms with Crippen molar-refractivity contribution in [2.24, 2.45) is 0 Å². The Kier molecular flexibility index (Phi) is 5.73. The number of pyridine rings is 1. The molecule has 1 amide bonds. The Morgan fingerprint density at radius 2 is 1.89 bits per heavy atom. The van der Waals surface area contributed by atoms with Gasteiger partial charge in [0.25, 0.3) is 0 Å². The Morgan fingerprint density at radius 3 is 2.54 bits per heavy atom. The van der Waals surface area contributed by atoms with Gasteiger partial charge < -0.3 is 9.88 Å². The topological polar surface area (TPSA) is 72.7 Å². The van der Waals surface area contributed by atoms with E-state index in [1.54, 1.807) is 30.5 Å². The van der Waals surface area contributed by atoms with E-state index in [9.17, 15) is 13.6 Å². The number of anilines is 1. The number of carbonyl (C=O) groups is 1. The SMILES string of the molecule is CCn1c(SC(C)(C)C(=O)Nc2ccccc2)nnc1-c1cc(F)c(F)cn1. The molecule has 0 saturated heterocycles. The highest BCUT2D eigenvalue weighted by Crippen LogP contribution is 2.34. The summed E-state index contributed by atoms with van der Waals surface area (Å²) in [5, 5.41) is 11.5. The number of para-hydroxylation sites is 1. The Labute approximate surface area is 165 Å². The van der Waals surface area contributed by atoms with Crippen LogP contribution < -0.4 is 5.32 Å². The van der Waals surface area contributed by atoms with Gasteiger partial charge in [0.05, 0.1) is 10.9 Å². The predicted molar refractivity (Wildman–Crippen MR) is 104 cm³/mol. The van der Waals surface area contributed by atoms with E-state index in [2.05, 4.69) is 20.5 Å². The molecule has 2 aromatic heterocycles. The molecule has 0 radical (unpaired) electrons. The molecule has 0 atom stereocenters. The largest absolute Gasteiger partial charge is 0.325 e. The van der Waals surface area contributed by atoms with Gasteiger partial charge in [-0.25, -0.2) is 13.8 Å². The zero-order valence-electron chi connectivity index (χ0n) is 15.6. The first kappa shape index (κ1) is 19.9. The second-order valence-electron chi connectivity index (χ2n) is 6.47. The summed E-state index contributed by atoms with van der Waals surface area (Å²) in [6, 6.07) is 10.1. The van der Waals surface area contributed by atoms with Gasteiger partial charge in [-0.15, -0.1) is 10.2 Å². The van der Waals surface area contributed by atoms with Gasteiger partial charge in [-0.1, -0.05) is 30.0 Å². The van der Waals surface area contributed by atoms with E-state index in [-0.39, 0.29) is 11.6 Å². The highest BCUT2D eigenvalue weighted by Gasteiger charge is 2.32. The first-order valence-electron chi connectivity index (χ1n) is 8.62. The molecule has 3 rings (SSSR count). The van der Waals surface area contributed by atoms with Gasteiger partial charge in [0.1, 0.15) is 5.69 Å². The molecule has 0 bridgehead atoms. The average Bonchev–Trinajstić information content (AvgIpc) is 3.06. The molecular weight excluding hydrogens is 384 g/mol. The molecule has 0 aliphatic rings. The third-order valence-corrected chi connectivity index (χ3v) is 5.18. The van der Waals surface area contributed by atoms with Crippen molar-refractivity contribution in [3.05, 3.63) is 54.2 Å². The van der Waals surface area contributed by atoms with Crippen LogP contribution in [0.1, 0.15) is 20.8 Å². The van der Waals surface area contributed by atoms with Crippen LogP contribution in [-0.4, -0.2) is 30.4 Å². The maximum absolute atomic E-state index is 13.6. The van der Waals surface area contributed by atoms with E-state index in [0.29, 0.717) is 23.2 Å². The minimum Gasteiger partial charge on any atom is -0.325 e. The summed E-state index contributed by atoms with van der Waals surface area (Å²) in [6.07, 6.45) is 0.809. The van der Waals surface area contributed by atoms with Gasteiger partial charge in [0.15, 0.2) is 22.6 Å². The molecule has 0 saturated carbocycles. The maximum atomic E-state index is 13.6. The molecule has 6 nitrogen and oxygen atoms in total. The lowest BCUT2D eigenvalue weighted by Crippen LogP contribution is -2.34. The highest BCUT2D eigenvalue weighted by molar-refractivity contribution is 8.01. The van der Waals surface area contributed by atoms with Crippen LogP contribution in [0.15, 0.2) is 47.8 Å². The van der Waals surface area contributed by atoms with Crippen molar-refractivity contribution < 1.29 is 13.6 Å². The Bertz CT molecular complexity index is 991. The van der Waals surface area contributed by atoms with Crippen molar-refractivity contribution in [2.45, 2.75) is 37.2 Å². The fourth-order valence-electron chi connectivity index (χ4n) is 2.45. The van der Waals surface area contributed by atoms with Crippen LogP contribution in [-0.2, 0) is 11.3 Å². The summed E-state index contributed by atoms with van der Waals surface area (Å²) >= 11 is 1.23. The molecule has 0 aliphatic carbocycles. The number of carbonyl (C=O) groups excluding carboxylic acids is 1. The average molecular weight is 403 g/mol. The van der Waals surface area contributed by atoms with E-state index in [1.807, 2.05) is 25.1 Å². The van der Waals surface area contributed by atoms with E-state index >= 15 is 0 Å². The van der Waals surface area contributed by atoms with Crippen LogP contribution in [0.3, 0.4) is 0 Å². The zero-order valence-corrected chi connectivity index (χ0v) is 16.4. The van der Waals surface area contributed by atoms with E-state index in [1.165, 1.54) is 11.8 Å². The minimum atomic E-state index is -1.03. The fraction of sp³-hybridized carbons (Fsp3) is 0.263. The second-order valence-corrected chi connectivity index (χ2v) is 8.06. The van der Waals surface area contributed by atoms with Gasteiger partial charge >= 0.3 is 0 Å². The number of hydrogen-bond acceptors (Lipinski definition) is 5. The number of nitrogens with zero attached hydrogens (tertiary/aromatic N) is 4. The van der Waals surface area contributed by atoms with Crippen LogP contribution in [0.5, 0.6) is 0 Å².